The lowest BCUT2D eigenvalue weighted by molar-refractivity contribution is -0.139. The van der Waals surface area contributed by atoms with Crippen LogP contribution in [0, 0.1) is 0 Å². The predicted octanol–water partition coefficient (Wildman–Crippen LogP) is 4.04. The monoisotopic (exact) mass is 393 g/mol. The zero-order valence-electron chi connectivity index (χ0n) is 14.8. The minimum Gasteiger partial charge on any atom is -0.461 e. The van der Waals surface area contributed by atoms with Crippen LogP contribution in [0.4, 0.5) is 0 Å². The maximum Gasteiger partial charge on any atom is 0.356 e. The molecule has 2 aliphatic rings. The lowest BCUT2D eigenvalue weighted by Crippen LogP contribution is -2.38. The average Bonchev–Trinajstić information content (AvgIpc) is 2.60. The first kappa shape index (κ1) is 19.0. The van der Waals surface area contributed by atoms with Crippen LogP contribution in [0.3, 0.4) is 0 Å². The number of ketones is 1. The number of carbonyl (C=O) groups excluding carboxylic acids is 2. The van der Waals surface area contributed by atoms with E-state index in [0.29, 0.717) is 23.6 Å². The Hall–Kier alpha value is -1.76. The molecule has 1 aromatic carbocycles. The van der Waals surface area contributed by atoms with E-state index in [0.717, 1.165) is 10.6 Å². The molecule has 1 aromatic rings. The molecular weight excluding hydrogens is 374 g/mol. The van der Waals surface area contributed by atoms with Gasteiger partial charge in [0.1, 0.15) is 5.70 Å². The summed E-state index contributed by atoms with van der Waals surface area (Å²) in [6.07, 6.45) is 0.617. The van der Waals surface area contributed by atoms with Crippen LogP contribution in [0.2, 0.25) is 5.02 Å². The molecule has 0 aromatic heterocycles. The van der Waals surface area contributed by atoms with Crippen molar-refractivity contribution in [2.45, 2.75) is 32.8 Å². The van der Waals surface area contributed by atoms with Crippen molar-refractivity contribution in [3.05, 3.63) is 56.1 Å². The van der Waals surface area contributed by atoms with Gasteiger partial charge in [-0.2, -0.15) is 0 Å². The number of rotatable bonds is 4. The molecule has 7 heteroatoms. The topological polar surface area (TPSA) is 64.6 Å². The van der Waals surface area contributed by atoms with Gasteiger partial charge in [-0.3, -0.25) is 4.79 Å². The molecule has 0 atom stereocenters. The van der Waals surface area contributed by atoms with Crippen molar-refractivity contribution in [3.63, 3.8) is 0 Å². The van der Waals surface area contributed by atoms with Gasteiger partial charge >= 0.3 is 5.97 Å². The summed E-state index contributed by atoms with van der Waals surface area (Å²) < 4.78 is 11.0. The van der Waals surface area contributed by atoms with Crippen molar-refractivity contribution in [1.29, 1.82) is 0 Å². The normalized spacial score (nSPS) is 18.9. The zero-order valence-corrected chi connectivity index (χ0v) is 16.4. The Bertz CT molecular complexity index is 829. The lowest BCUT2D eigenvalue weighted by atomic mass is 9.99. The molecule has 0 fully saturated rings. The molecule has 5 nitrogen and oxygen atoms in total. The molecule has 1 N–H and O–H groups in total. The minimum atomic E-state index is -0.550. The molecule has 0 amide bonds. The third kappa shape index (κ3) is 3.82. The number of ether oxygens (including phenoxy) is 2. The number of thioether (sulfide) groups is 1. The van der Waals surface area contributed by atoms with Crippen molar-refractivity contribution >= 4 is 35.1 Å². The van der Waals surface area contributed by atoms with E-state index in [1.54, 1.807) is 31.2 Å². The van der Waals surface area contributed by atoms with Crippen LogP contribution in [0.15, 0.2) is 45.5 Å². The van der Waals surface area contributed by atoms with Gasteiger partial charge in [0.25, 0.3) is 0 Å². The summed E-state index contributed by atoms with van der Waals surface area (Å²) in [7, 11) is 0. The zero-order chi connectivity index (χ0) is 18.9. The summed E-state index contributed by atoms with van der Waals surface area (Å²) in [5.74, 6) is -0.862. The van der Waals surface area contributed by atoms with Crippen LogP contribution in [0.1, 0.15) is 37.6 Å². The quantitative estimate of drug-likeness (QED) is 0.615. The molecule has 0 bridgehead atoms. The smallest absolute Gasteiger partial charge is 0.356 e. The number of carbonyl (C=O) groups is 2. The van der Waals surface area contributed by atoms with Gasteiger partial charge in [-0.1, -0.05) is 35.5 Å². The van der Waals surface area contributed by atoms with Gasteiger partial charge < -0.3 is 14.8 Å². The maximum absolute atomic E-state index is 13.1. The first-order chi connectivity index (χ1) is 12.3. The molecule has 2 heterocycles. The highest BCUT2D eigenvalue weighted by molar-refractivity contribution is 8.07. The summed E-state index contributed by atoms with van der Waals surface area (Å²) in [6.45, 7) is 6.31. The Labute approximate surface area is 161 Å². The average molecular weight is 394 g/mol. The van der Waals surface area contributed by atoms with E-state index < -0.39 is 5.97 Å². The van der Waals surface area contributed by atoms with E-state index >= 15 is 0 Å². The van der Waals surface area contributed by atoms with Gasteiger partial charge in [0.15, 0.2) is 0 Å². The summed E-state index contributed by atoms with van der Waals surface area (Å²) in [5.41, 5.74) is 1.07. The Balaban J connectivity index is 2.00. The van der Waals surface area contributed by atoms with Crippen LogP contribution >= 0.6 is 23.4 Å². The molecule has 0 unspecified atom stereocenters. The fourth-order valence-corrected chi connectivity index (χ4v) is 4.06. The van der Waals surface area contributed by atoms with Crippen LogP contribution < -0.4 is 5.32 Å². The Kier molecular flexibility index (Phi) is 5.46. The molecule has 26 heavy (non-hydrogen) atoms. The van der Waals surface area contributed by atoms with E-state index in [1.807, 2.05) is 13.8 Å². The third-order valence-corrected chi connectivity index (χ3v) is 5.60. The molecule has 0 spiro atoms. The van der Waals surface area contributed by atoms with E-state index in [-0.39, 0.29) is 28.6 Å². The Morgan fingerprint density at radius 3 is 2.77 bits per heavy atom. The maximum atomic E-state index is 13.1. The van der Waals surface area contributed by atoms with Crippen LogP contribution in [0.25, 0.3) is 0 Å². The van der Waals surface area contributed by atoms with Crippen LogP contribution in [-0.4, -0.2) is 30.6 Å². The van der Waals surface area contributed by atoms with Crippen LogP contribution in [0.5, 0.6) is 0 Å². The summed E-state index contributed by atoms with van der Waals surface area (Å²) in [6, 6.07) is 6.79. The van der Waals surface area contributed by atoms with Crippen molar-refractivity contribution in [2.24, 2.45) is 0 Å². The molecular formula is C19H20ClNO4S. The van der Waals surface area contributed by atoms with E-state index in [4.69, 9.17) is 21.1 Å². The number of allylic oxidation sites excluding steroid dienone is 1. The fourth-order valence-electron chi connectivity index (χ4n) is 2.78. The predicted molar refractivity (Wildman–Crippen MR) is 102 cm³/mol. The van der Waals surface area contributed by atoms with Gasteiger partial charge in [-0.25, -0.2) is 4.79 Å². The second-order valence-corrected chi connectivity index (χ2v) is 8.10. The number of hydrogen-bond acceptors (Lipinski definition) is 6. The number of halogens is 1. The van der Waals surface area contributed by atoms with E-state index in [2.05, 4.69) is 5.32 Å². The molecule has 3 rings (SSSR count). The first-order valence-electron chi connectivity index (χ1n) is 8.34. The number of esters is 1. The van der Waals surface area contributed by atoms with Gasteiger partial charge in [-0.15, -0.1) is 0 Å². The van der Waals surface area contributed by atoms with Gasteiger partial charge in [0, 0.05) is 22.6 Å². The highest BCUT2D eigenvalue weighted by Gasteiger charge is 2.36. The molecule has 0 radical (unpaired) electrons. The van der Waals surface area contributed by atoms with Gasteiger partial charge in [0.2, 0.25) is 5.78 Å². The summed E-state index contributed by atoms with van der Waals surface area (Å²) >= 11 is 7.43. The highest BCUT2D eigenvalue weighted by Crippen LogP contribution is 2.42. The SMILES string of the molecule is CCOC(=O)C1=C(C(=O)c2ccccc2Cl)SC2=C(CC(C)(C)OC2)N1. The third-order valence-electron chi connectivity index (χ3n) is 4.07. The van der Waals surface area contributed by atoms with Crippen molar-refractivity contribution in [3.8, 4) is 0 Å². The van der Waals surface area contributed by atoms with Gasteiger partial charge in [0.05, 0.1) is 28.7 Å². The molecule has 2 aliphatic heterocycles. The summed E-state index contributed by atoms with van der Waals surface area (Å²) in [4.78, 5) is 26.7. The van der Waals surface area contributed by atoms with Crippen molar-refractivity contribution < 1.29 is 19.1 Å². The second-order valence-electron chi connectivity index (χ2n) is 6.59. The van der Waals surface area contributed by atoms with Gasteiger partial charge in [-0.05, 0) is 32.9 Å². The molecule has 0 saturated heterocycles. The second kappa shape index (κ2) is 7.47. The minimum absolute atomic E-state index is 0.165. The van der Waals surface area contributed by atoms with E-state index in [1.165, 1.54) is 11.8 Å². The standard InChI is InChI=1S/C19H20ClNO4S/c1-4-24-18(23)15-17(16(22)11-7-5-6-8-12(11)20)26-14-10-25-19(2,3)9-13(14)21-15/h5-8,21H,4,9-10H2,1-3H3. The van der Waals surface area contributed by atoms with Crippen LogP contribution in [-0.2, 0) is 14.3 Å². The Morgan fingerprint density at radius 1 is 1.35 bits per heavy atom. The Morgan fingerprint density at radius 2 is 2.08 bits per heavy atom. The van der Waals surface area contributed by atoms with Crippen molar-refractivity contribution in [2.75, 3.05) is 13.2 Å². The largest absolute Gasteiger partial charge is 0.461 e. The molecule has 0 aliphatic carbocycles. The molecule has 0 saturated carbocycles. The van der Waals surface area contributed by atoms with E-state index in [9.17, 15) is 9.59 Å². The first-order valence-corrected chi connectivity index (χ1v) is 9.53. The number of nitrogens with one attached hydrogen (secondary N) is 1. The fraction of sp³-hybridized carbons (Fsp3) is 0.368. The number of benzene rings is 1. The summed E-state index contributed by atoms with van der Waals surface area (Å²) in [5, 5.41) is 3.48. The molecule has 138 valence electrons. The lowest BCUT2D eigenvalue weighted by Gasteiger charge is -2.36. The highest BCUT2D eigenvalue weighted by atomic mass is 35.5. The van der Waals surface area contributed by atoms with Crippen molar-refractivity contribution in [1.82, 2.24) is 5.32 Å². The number of Topliss-reactive ketones (excluding diaryl/α,β-unsaturated/α-hetero) is 1. The number of hydrogen-bond donors (Lipinski definition) is 1.